The van der Waals surface area contributed by atoms with Gasteiger partial charge in [0.1, 0.15) is 11.6 Å². The lowest BCUT2D eigenvalue weighted by Crippen LogP contribution is -2.42. The molecule has 1 saturated heterocycles. The number of fused-ring (bicyclic) bond motifs is 1. The van der Waals surface area contributed by atoms with E-state index in [0.29, 0.717) is 41.0 Å². The van der Waals surface area contributed by atoms with E-state index in [0.717, 1.165) is 57.2 Å². The Morgan fingerprint density at radius 1 is 0.952 bits per heavy atom. The number of nitriles is 1. The number of anilines is 2. The summed E-state index contributed by atoms with van der Waals surface area (Å²) in [5.41, 5.74) is 2.35. The van der Waals surface area contributed by atoms with Crippen molar-refractivity contribution in [2.24, 2.45) is 5.92 Å². The summed E-state index contributed by atoms with van der Waals surface area (Å²) in [6.07, 6.45) is 3.04. The number of nitrogens with zero attached hydrogens (tertiary/aromatic N) is 6. The van der Waals surface area contributed by atoms with Crippen LogP contribution in [0.4, 0.5) is 24.9 Å². The predicted molar refractivity (Wildman–Crippen MR) is 156 cm³/mol. The second-order valence-corrected chi connectivity index (χ2v) is 11.5. The lowest BCUT2D eigenvalue weighted by molar-refractivity contribution is -0.137. The van der Waals surface area contributed by atoms with Gasteiger partial charge in [-0.05, 0) is 74.6 Å². The fourth-order valence-corrected chi connectivity index (χ4v) is 6.16. The van der Waals surface area contributed by atoms with Gasteiger partial charge in [0, 0.05) is 18.6 Å². The summed E-state index contributed by atoms with van der Waals surface area (Å²) >= 11 is 0. The molecule has 10 heteroatoms. The van der Waals surface area contributed by atoms with Crippen molar-refractivity contribution >= 4 is 22.9 Å². The minimum absolute atomic E-state index is 0.0380. The number of aromatic nitrogens is 4. The maximum Gasteiger partial charge on any atom is 0.416 e. The van der Waals surface area contributed by atoms with Crippen molar-refractivity contribution in [3.63, 3.8) is 0 Å². The summed E-state index contributed by atoms with van der Waals surface area (Å²) in [6, 6.07) is 18.1. The third kappa shape index (κ3) is 5.78. The highest BCUT2D eigenvalue weighted by Crippen LogP contribution is 2.36. The SMILES string of the molecule is C[C@@H](Nc1nc(C#N)nc2nc(N3CCCCC3Cc3ccccc3)n(Cc3ccc(C(F)(F)F)cc3)c12)C1CCC1. The Hall–Kier alpha value is -4.13. The van der Waals surface area contributed by atoms with Crippen LogP contribution < -0.4 is 10.2 Å². The van der Waals surface area contributed by atoms with Crippen LogP contribution in [0.15, 0.2) is 54.6 Å². The van der Waals surface area contributed by atoms with Crippen molar-refractivity contribution in [2.75, 3.05) is 16.8 Å². The first-order valence-corrected chi connectivity index (χ1v) is 14.7. The van der Waals surface area contributed by atoms with Gasteiger partial charge in [-0.15, -0.1) is 0 Å². The average Bonchev–Trinajstić information content (AvgIpc) is 3.30. The number of rotatable bonds is 8. The van der Waals surface area contributed by atoms with E-state index >= 15 is 0 Å². The number of imidazole rings is 1. The summed E-state index contributed by atoms with van der Waals surface area (Å²) in [5.74, 6) is 1.80. The summed E-state index contributed by atoms with van der Waals surface area (Å²) < 4.78 is 41.9. The second-order valence-electron chi connectivity index (χ2n) is 11.5. The monoisotopic (exact) mass is 573 g/mol. The molecule has 218 valence electrons. The molecule has 6 rings (SSSR count). The van der Waals surface area contributed by atoms with E-state index in [9.17, 15) is 18.4 Å². The Morgan fingerprint density at radius 3 is 2.38 bits per heavy atom. The largest absolute Gasteiger partial charge is 0.416 e. The van der Waals surface area contributed by atoms with Crippen LogP contribution in [0.1, 0.15) is 68.0 Å². The molecule has 0 spiro atoms. The van der Waals surface area contributed by atoms with Crippen molar-refractivity contribution in [2.45, 2.75) is 76.7 Å². The van der Waals surface area contributed by atoms with E-state index in [1.54, 1.807) is 0 Å². The normalized spacial score (nSPS) is 18.5. The highest BCUT2D eigenvalue weighted by molar-refractivity contribution is 5.86. The summed E-state index contributed by atoms with van der Waals surface area (Å²) in [5, 5.41) is 13.3. The lowest BCUT2D eigenvalue weighted by atomic mass is 9.80. The molecular weight excluding hydrogens is 539 g/mol. The van der Waals surface area contributed by atoms with Crippen LogP contribution in [0.3, 0.4) is 0 Å². The van der Waals surface area contributed by atoms with Crippen molar-refractivity contribution in [3.8, 4) is 6.07 Å². The minimum Gasteiger partial charge on any atom is -0.365 e. The molecule has 1 N–H and O–H groups in total. The van der Waals surface area contributed by atoms with Crippen LogP contribution in [0.5, 0.6) is 0 Å². The Bertz CT molecular complexity index is 1570. The zero-order valence-electron chi connectivity index (χ0n) is 23.6. The number of hydrogen-bond donors (Lipinski definition) is 1. The van der Waals surface area contributed by atoms with Gasteiger partial charge in [0.2, 0.25) is 11.8 Å². The molecule has 0 radical (unpaired) electrons. The van der Waals surface area contributed by atoms with E-state index in [1.807, 2.05) is 22.8 Å². The lowest BCUT2D eigenvalue weighted by Gasteiger charge is -2.37. The fraction of sp³-hybridized carbons (Fsp3) is 0.438. The molecule has 2 atom stereocenters. The highest BCUT2D eigenvalue weighted by atomic mass is 19.4. The first-order chi connectivity index (χ1) is 20.3. The molecular formula is C32H34F3N7. The molecule has 1 unspecified atom stereocenters. The summed E-state index contributed by atoms with van der Waals surface area (Å²) in [6.45, 7) is 3.22. The molecule has 2 aliphatic rings. The van der Waals surface area contributed by atoms with Gasteiger partial charge >= 0.3 is 6.18 Å². The van der Waals surface area contributed by atoms with Gasteiger partial charge in [-0.1, -0.05) is 48.9 Å². The predicted octanol–water partition coefficient (Wildman–Crippen LogP) is 6.97. The Labute approximate surface area is 243 Å². The van der Waals surface area contributed by atoms with Gasteiger partial charge in [-0.2, -0.15) is 33.4 Å². The Balaban J connectivity index is 1.46. The molecule has 0 amide bonds. The molecule has 2 aromatic heterocycles. The zero-order chi connectivity index (χ0) is 29.3. The van der Waals surface area contributed by atoms with Crippen molar-refractivity contribution in [3.05, 3.63) is 77.1 Å². The maximum absolute atomic E-state index is 13.3. The number of benzene rings is 2. The van der Waals surface area contributed by atoms with Gasteiger partial charge in [0.15, 0.2) is 11.5 Å². The van der Waals surface area contributed by atoms with Crippen LogP contribution in [0.25, 0.3) is 11.2 Å². The number of hydrogen-bond acceptors (Lipinski definition) is 6. The van der Waals surface area contributed by atoms with E-state index in [4.69, 9.17) is 4.98 Å². The van der Waals surface area contributed by atoms with Gasteiger partial charge in [0.25, 0.3) is 0 Å². The molecule has 2 fully saturated rings. The molecule has 42 heavy (non-hydrogen) atoms. The second kappa shape index (κ2) is 11.6. The van der Waals surface area contributed by atoms with Crippen molar-refractivity contribution in [1.29, 1.82) is 5.26 Å². The zero-order valence-corrected chi connectivity index (χ0v) is 23.6. The summed E-state index contributed by atoms with van der Waals surface area (Å²) in [4.78, 5) is 16.4. The van der Waals surface area contributed by atoms with Crippen LogP contribution >= 0.6 is 0 Å². The highest BCUT2D eigenvalue weighted by Gasteiger charge is 2.32. The first-order valence-electron chi connectivity index (χ1n) is 14.7. The van der Waals surface area contributed by atoms with E-state index in [1.165, 1.54) is 24.1 Å². The van der Waals surface area contributed by atoms with Gasteiger partial charge in [0.05, 0.1) is 12.1 Å². The number of halogens is 3. The fourth-order valence-electron chi connectivity index (χ4n) is 6.16. The van der Waals surface area contributed by atoms with Crippen LogP contribution in [0, 0.1) is 17.2 Å². The molecule has 0 bridgehead atoms. The van der Waals surface area contributed by atoms with Crippen molar-refractivity contribution < 1.29 is 13.2 Å². The number of piperidine rings is 1. The topological polar surface area (TPSA) is 82.7 Å². The van der Waals surface area contributed by atoms with E-state index < -0.39 is 11.7 Å². The average molecular weight is 574 g/mol. The number of alkyl halides is 3. The van der Waals surface area contributed by atoms with E-state index in [-0.39, 0.29) is 17.9 Å². The van der Waals surface area contributed by atoms with Gasteiger partial charge < -0.3 is 14.8 Å². The molecule has 1 aliphatic carbocycles. The Morgan fingerprint density at radius 2 is 1.71 bits per heavy atom. The Kier molecular flexibility index (Phi) is 7.76. The van der Waals surface area contributed by atoms with Crippen LogP contribution in [0.2, 0.25) is 0 Å². The quantitative estimate of drug-likeness (QED) is 0.245. The maximum atomic E-state index is 13.3. The van der Waals surface area contributed by atoms with E-state index in [2.05, 4.69) is 45.3 Å². The minimum atomic E-state index is -4.40. The molecule has 1 aliphatic heterocycles. The standard InChI is InChI=1S/C32H34F3N7/c1-21(24-10-7-11-24)37-29-28-30(39-27(19-36)38-29)40-31(42(28)20-23-13-15-25(16-14-23)32(33,34)35)41-17-6-5-12-26(41)18-22-8-3-2-4-9-22/h2-4,8-9,13-16,21,24,26H,5-7,10-12,17-18,20H2,1H3,(H,37,38,39)/t21-,26?/m1/s1. The third-order valence-electron chi connectivity index (χ3n) is 8.72. The van der Waals surface area contributed by atoms with Gasteiger partial charge in [-0.3, -0.25) is 0 Å². The number of nitrogens with one attached hydrogen (secondary N) is 1. The molecule has 3 heterocycles. The van der Waals surface area contributed by atoms with Crippen LogP contribution in [-0.4, -0.2) is 38.1 Å². The molecule has 7 nitrogen and oxygen atoms in total. The molecule has 2 aromatic carbocycles. The smallest absolute Gasteiger partial charge is 0.365 e. The first kappa shape index (κ1) is 28.0. The molecule has 4 aromatic rings. The van der Waals surface area contributed by atoms with Crippen LogP contribution in [-0.2, 0) is 19.1 Å². The van der Waals surface area contributed by atoms with Gasteiger partial charge in [-0.25, -0.2) is 0 Å². The van der Waals surface area contributed by atoms with Crippen molar-refractivity contribution in [1.82, 2.24) is 19.5 Å². The third-order valence-corrected chi connectivity index (χ3v) is 8.72. The molecule has 1 saturated carbocycles. The summed E-state index contributed by atoms with van der Waals surface area (Å²) in [7, 11) is 0.